The van der Waals surface area contributed by atoms with E-state index in [4.69, 9.17) is 16.3 Å². The Morgan fingerprint density at radius 2 is 2.08 bits per heavy atom. The number of carbonyl (C=O) groups is 1. The number of aliphatic hydroxyl groups is 1. The average Bonchev–Trinajstić information content (AvgIpc) is 3.54. The van der Waals surface area contributed by atoms with Crippen molar-refractivity contribution in [2.75, 3.05) is 20.1 Å². The monoisotopic (exact) mass is 565 g/mol. The number of hydrogen-bond donors (Lipinski definition) is 3. The highest BCUT2D eigenvalue weighted by Crippen LogP contribution is 2.64. The van der Waals surface area contributed by atoms with Gasteiger partial charge in [0.05, 0.1) is 31.0 Å². The molecule has 3 N–H and O–H groups in total. The average molecular weight is 566 g/mol. The number of halogens is 1. The molecule has 8 rings (SSSR count). The maximum Gasteiger partial charge on any atom is 0.227 e. The number of nitrogens with one attached hydrogen (secondary N) is 1. The fourth-order valence-corrected chi connectivity index (χ4v) is 9.86. The highest BCUT2D eigenvalue weighted by molar-refractivity contribution is 7.17. The molecule has 3 fully saturated rings. The van der Waals surface area contributed by atoms with Gasteiger partial charge in [-0.05, 0) is 71.8 Å². The standard InChI is InChI=1S/C31H33ClN2O4S/c1-33(26(36)13-19-16-39-24-7-5-20(32)14-21(19)24)22-8-9-31(37)25-12-18-4-6-23(35)28-27(18)30(31,29(22)38-28)10-11-34(25)15-17-2-3-17/h4-7,14,16-17,22,25,29,35,37H,2-3,8-13,15H2,1H3/p+1/t22-,25-,29+,30?,31?/m1/s1. The quantitative estimate of drug-likeness (QED) is 0.443. The number of piperidine rings is 1. The van der Waals surface area contributed by atoms with E-state index < -0.39 is 11.0 Å². The van der Waals surface area contributed by atoms with Gasteiger partial charge in [0.15, 0.2) is 11.5 Å². The van der Waals surface area contributed by atoms with Crippen molar-refractivity contribution in [2.45, 2.75) is 74.1 Å². The first-order valence-electron chi connectivity index (χ1n) is 14.3. The van der Waals surface area contributed by atoms with E-state index in [1.165, 1.54) is 23.3 Å². The van der Waals surface area contributed by atoms with Gasteiger partial charge < -0.3 is 24.7 Å². The number of ether oxygens (including phenoxy) is 1. The lowest BCUT2D eigenvalue weighted by Crippen LogP contribution is -3.21. The predicted octanol–water partition coefficient (Wildman–Crippen LogP) is 3.48. The molecule has 1 aromatic heterocycles. The molecule has 0 radical (unpaired) electrons. The van der Waals surface area contributed by atoms with E-state index in [1.807, 2.05) is 36.2 Å². The predicted molar refractivity (Wildman–Crippen MR) is 151 cm³/mol. The van der Waals surface area contributed by atoms with Gasteiger partial charge in [0, 0.05) is 41.1 Å². The number of hydrogen-bond acceptors (Lipinski definition) is 5. The zero-order chi connectivity index (χ0) is 26.7. The molecule has 2 bridgehead atoms. The number of likely N-dealkylation sites (tertiary alicyclic amines) is 1. The highest BCUT2D eigenvalue weighted by Gasteiger charge is 2.75. The second kappa shape index (κ2) is 8.35. The molecule has 6 nitrogen and oxygen atoms in total. The molecule has 3 heterocycles. The van der Waals surface area contributed by atoms with E-state index in [-0.39, 0.29) is 29.8 Å². The van der Waals surface area contributed by atoms with Gasteiger partial charge in [-0.3, -0.25) is 4.79 Å². The lowest BCUT2D eigenvalue weighted by atomic mass is 9.48. The summed E-state index contributed by atoms with van der Waals surface area (Å²) >= 11 is 7.90. The highest BCUT2D eigenvalue weighted by atomic mass is 35.5. The number of amides is 1. The van der Waals surface area contributed by atoms with Crippen molar-refractivity contribution in [2.24, 2.45) is 5.92 Å². The van der Waals surface area contributed by atoms with E-state index in [0.717, 1.165) is 53.1 Å². The molecule has 39 heavy (non-hydrogen) atoms. The molecule has 2 aromatic carbocycles. The van der Waals surface area contributed by atoms with Crippen LogP contribution in [0.15, 0.2) is 35.7 Å². The molecule has 2 aliphatic heterocycles. The van der Waals surface area contributed by atoms with Gasteiger partial charge >= 0.3 is 0 Å². The third-order valence-corrected chi connectivity index (χ3v) is 12.0. The number of nitrogens with zero attached hydrogens (tertiary/aromatic N) is 1. The number of aromatic hydroxyl groups is 1. The molecule has 1 amide bonds. The first kappa shape index (κ1) is 24.5. The minimum Gasteiger partial charge on any atom is -0.504 e. The van der Waals surface area contributed by atoms with E-state index in [2.05, 4.69) is 5.38 Å². The summed E-state index contributed by atoms with van der Waals surface area (Å²) in [6.07, 6.45) is 5.46. The molecule has 1 saturated heterocycles. The molecule has 3 aromatic rings. The third kappa shape index (κ3) is 3.30. The molecule has 5 aliphatic rings. The zero-order valence-corrected chi connectivity index (χ0v) is 23.7. The number of likely N-dealkylation sites (N-methyl/N-ethyl adjacent to an activating group) is 1. The molecule has 204 valence electrons. The number of quaternary nitrogens is 1. The maximum absolute atomic E-state index is 13.8. The van der Waals surface area contributed by atoms with Crippen molar-refractivity contribution in [1.82, 2.24) is 4.90 Å². The number of carbonyl (C=O) groups excluding carboxylic acids is 1. The molecular weight excluding hydrogens is 532 g/mol. The van der Waals surface area contributed by atoms with E-state index in [0.29, 0.717) is 30.0 Å². The summed E-state index contributed by atoms with van der Waals surface area (Å²) in [6.45, 7) is 2.12. The van der Waals surface area contributed by atoms with Gasteiger partial charge in [-0.15, -0.1) is 11.3 Å². The molecular formula is C31H34ClN2O4S+. The van der Waals surface area contributed by atoms with Crippen molar-refractivity contribution in [3.8, 4) is 11.5 Å². The Bertz CT molecular complexity index is 1520. The second-order valence-electron chi connectivity index (χ2n) is 12.6. The van der Waals surface area contributed by atoms with Gasteiger partial charge in [-0.2, -0.15) is 0 Å². The van der Waals surface area contributed by atoms with Crippen LogP contribution in [0.2, 0.25) is 5.02 Å². The smallest absolute Gasteiger partial charge is 0.227 e. The minimum atomic E-state index is -0.910. The van der Waals surface area contributed by atoms with Crippen molar-refractivity contribution in [3.05, 3.63) is 57.4 Å². The molecule has 1 spiro atoms. The van der Waals surface area contributed by atoms with E-state index in [1.54, 1.807) is 17.4 Å². The van der Waals surface area contributed by atoms with Crippen LogP contribution in [-0.2, 0) is 23.1 Å². The van der Waals surface area contributed by atoms with Gasteiger partial charge in [-0.25, -0.2) is 0 Å². The molecule has 3 aliphatic carbocycles. The fraction of sp³-hybridized carbons (Fsp3) is 0.516. The second-order valence-corrected chi connectivity index (χ2v) is 14.0. The Balaban J connectivity index is 1.16. The summed E-state index contributed by atoms with van der Waals surface area (Å²) in [5.41, 5.74) is 1.69. The van der Waals surface area contributed by atoms with Crippen LogP contribution in [0.1, 0.15) is 48.8 Å². The maximum atomic E-state index is 13.8. The first-order chi connectivity index (χ1) is 18.8. The van der Waals surface area contributed by atoms with Crippen LogP contribution in [0, 0.1) is 5.92 Å². The molecule has 6 atom stereocenters. The summed E-state index contributed by atoms with van der Waals surface area (Å²) in [5.74, 6) is 1.49. The summed E-state index contributed by atoms with van der Waals surface area (Å²) in [6, 6.07) is 9.55. The minimum absolute atomic E-state index is 0.0367. The Labute approximate surface area is 237 Å². The molecule has 2 saturated carbocycles. The number of thiophene rings is 1. The summed E-state index contributed by atoms with van der Waals surface area (Å²) < 4.78 is 7.80. The van der Waals surface area contributed by atoms with Crippen LogP contribution in [0.3, 0.4) is 0 Å². The van der Waals surface area contributed by atoms with Crippen molar-refractivity contribution >= 4 is 38.9 Å². The van der Waals surface area contributed by atoms with Gasteiger partial charge in [-0.1, -0.05) is 17.7 Å². The SMILES string of the molecule is CN(C(=O)Cc1csc2ccc(Cl)cc12)[C@@H]1CCC2(O)[C@H]3Cc4ccc(O)c5c4C2(CC[NH+]3CC2CC2)[C@H]1O5. The number of phenolic OH excluding ortho intramolecular Hbond substituents is 1. The van der Waals surface area contributed by atoms with Crippen molar-refractivity contribution < 1.29 is 24.6 Å². The summed E-state index contributed by atoms with van der Waals surface area (Å²) in [4.78, 5) is 17.2. The first-order valence-corrected chi connectivity index (χ1v) is 15.6. The van der Waals surface area contributed by atoms with Crippen LogP contribution >= 0.6 is 22.9 Å². The molecule has 8 heteroatoms. The Kier molecular flexibility index (Phi) is 5.24. The van der Waals surface area contributed by atoms with Gasteiger partial charge in [0.25, 0.3) is 0 Å². The fourth-order valence-electron chi connectivity index (χ4n) is 8.74. The normalized spacial score (nSPS) is 34.0. The van der Waals surface area contributed by atoms with Crippen LogP contribution in [0.4, 0.5) is 0 Å². The Morgan fingerprint density at radius 1 is 1.23 bits per heavy atom. The van der Waals surface area contributed by atoms with Crippen LogP contribution in [-0.4, -0.2) is 64.9 Å². The lowest BCUT2D eigenvalue weighted by molar-refractivity contribution is -0.944. The van der Waals surface area contributed by atoms with Crippen LogP contribution < -0.4 is 9.64 Å². The zero-order valence-electron chi connectivity index (χ0n) is 22.1. The van der Waals surface area contributed by atoms with Crippen LogP contribution in [0.5, 0.6) is 11.5 Å². The number of fused-ring (bicyclic) bond motifs is 1. The van der Waals surface area contributed by atoms with Crippen molar-refractivity contribution in [3.63, 3.8) is 0 Å². The molecule has 3 unspecified atom stereocenters. The van der Waals surface area contributed by atoms with Crippen molar-refractivity contribution in [1.29, 1.82) is 0 Å². The Morgan fingerprint density at radius 3 is 2.90 bits per heavy atom. The number of benzene rings is 2. The number of phenols is 1. The van der Waals surface area contributed by atoms with Gasteiger partial charge in [0.1, 0.15) is 17.7 Å². The summed E-state index contributed by atoms with van der Waals surface area (Å²) in [7, 11) is 1.89. The van der Waals surface area contributed by atoms with Gasteiger partial charge in [0.2, 0.25) is 5.91 Å². The number of rotatable bonds is 5. The third-order valence-electron chi connectivity index (χ3n) is 10.8. The topological polar surface area (TPSA) is 74.4 Å². The largest absolute Gasteiger partial charge is 0.504 e. The summed E-state index contributed by atoms with van der Waals surface area (Å²) in [5, 5.41) is 27.4. The van der Waals surface area contributed by atoms with E-state index >= 15 is 0 Å². The van der Waals surface area contributed by atoms with E-state index in [9.17, 15) is 15.0 Å². The lowest BCUT2D eigenvalue weighted by Gasteiger charge is -2.62. The van der Waals surface area contributed by atoms with Crippen LogP contribution in [0.25, 0.3) is 10.1 Å². The Hall–Kier alpha value is -2.32.